The zero-order chi connectivity index (χ0) is 17.6. The molecule has 0 N–H and O–H groups in total. The summed E-state index contributed by atoms with van der Waals surface area (Å²) in [5, 5.41) is 0. The lowest BCUT2D eigenvalue weighted by Crippen LogP contribution is -2.08. The summed E-state index contributed by atoms with van der Waals surface area (Å²) in [5.74, 6) is 0.148. The molecule has 1 heterocycles. The molecule has 0 atom stereocenters. The summed E-state index contributed by atoms with van der Waals surface area (Å²) in [6.45, 7) is 2.20. The van der Waals surface area contributed by atoms with Crippen LogP contribution in [-0.2, 0) is 17.6 Å². The fourth-order valence-electron chi connectivity index (χ4n) is 2.88. The maximum atomic E-state index is 12.3. The number of carbonyl (C=O) groups is 2. The SMILES string of the molecule is CCCCCCc1ccc(C(=O)Oc2ccc3c(c2)OC(=O)C3)cc1. The average Bonchev–Trinajstić information content (AvgIpc) is 2.98. The highest BCUT2D eigenvalue weighted by molar-refractivity contribution is 5.91. The number of hydrogen-bond acceptors (Lipinski definition) is 4. The van der Waals surface area contributed by atoms with E-state index in [1.165, 1.54) is 31.2 Å². The molecule has 130 valence electrons. The van der Waals surface area contributed by atoms with Gasteiger partial charge in [-0.1, -0.05) is 44.4 Å². The third-order valence-electron chi connectivity index (χ3n) is 4.32. The van der Waals surface area contributed by atoms with Crippen LogP contribution in [0, 0.1) is 0 Å². The molecule has 0 spiro atoms. The summed E-state index contributed by atoms with van der Waals surface area (Å²) in [6, 6.07) is 12.6. The monoisotopic (exact) mass is 338 g/mol. The highest BCUT2D eigenvalue weighted by atomic mass is 16.5. The van der Waals surface area contributed by atoms with Crippen LogP contribution in [0.15, 0.2) is 42.5 Å². The van der Waals surface area contributed by atoms with E-state index in [-0.39, 0.29) is 12.4 Å². The second-order valence-electron chi connectivity index (χ2n) is 6.32. The van der Waals surface area contributed by atoms with Crippen LogP contribution in [0.25, 0.3) is 0 Å². The average molecular weight is 338 g/mol. The van der Waals surface area contributed by atoms with E-state index in [1.54, 1.807) is 30.3 Å². The molecule has 0 fully saturated rings. The van der Waals surface area contributed by atoms with E-state index in [4.69, 9.17) is 9.47 Å². The smallest absolute Gasteiger partial charge is 0.343 e. The lowest BCUT2D eigenvalue weighted by molar-refractivity contribution is -0.131. The van der Waals surface area contributed by atoms with Crippen LogP contribution < -0.4 is 9.47 Å². The molecule has 1 aliphatic rings. The zero-order valence-electron chi connectivity index (χ0n) is 14.4. The molecule has 0 bridgehead atoms. The summed E-state index contributed by atoms with van der Waals surface area (Å²) in [6.07, 6.45) is 6.21. The third kappa shape index (κ3) is 4.47. The predicted octanol–water partition coefficient (Wildman–Crippen LogP) is 4.49. The van der Waals surface area contributed by atoms with E-state index in [0.29, 0.717) is 17.1 Å². The van der Waals surface area contributed by atoms with Gasteiger partial charge in [-0.05, 0) is 36.6 Å². The Bertz CT molecular complexity index is 762. The molecule has 4 nitrogen and oxygen atoms in total. The Balaban J connectivity index is 1.58. The molecule has 0 unspecified atom stereocenters. The molecule has 1 aliphatic heterocycles. The number of hydrogen-bond donors (Lipinski definition) is 0. The van der Waals surface area contributed by atoms with Crippen LogP contribution >= 0.6 is 0 Å². The van der Waals surface area contributed by atoms with Crippen molar-refractivity contribution in [2.45, 2.75) is 45.4 Å². The summed E-state index contributed by atoms with van der Waals surface area (Å²) in [4.78, 5) is 23.5. The zero-order valence-corrected chi connectivity index (χ0v) is 14.4. The second-order valence-corrected chi connectivity index (χ2v) is 6.32. The second kappa shape index (κ2) is 7.97. The molecule has 25 heavy (non-hydrogen) atoms. The highest BCUT2D eigenvalue weighted by Gasteiger charge is 2.21. The van der Waals surface area contributed by atoms with E-state index in [9.17, 15) is 9.59 Å². The minimum absolute atomic E-state index is 0.267. The Kier molecular flexibility index (Phi) is 5.49. The Morgan fingerprint density at radius 3 is 2.64 bits per heavy atom. The molecule has 3 rings (SSSR count). The third-order valence-corrected chi connectivity index (χ3v) is 4.32. The largest absolute Gasteiger partial charge is 0.426 e. The van der Waals surface area contributed by atoms with Crippen LogP contribution in [0.1, 0.15) is 54.1 Å². The van der Waals surface area contributed by atoms with Gasteiger partial charge in [0.15, 0.2) is 0 Å². The molecule has 0 aliphatic carbocycles. The molecule has 0 aromatic heterocycles. The first kappa shape index (κ1) is 17.2. The van der Waals surface area contributed by atoms with Crippen molar-refractivity contribution in [3.63, 3.8) is 0 Å². The molecule has 0 amide bonds. The summed E-state index contributed by atoms with van der Waals surface area (Å²) >= 11 is 0. The van der Waals surface area contributed by atoms with Gasteiger partial charge in [-0.15, -0.1) is 0 Å². The maximum absolute atomic E-state index is 12.3. The first-order valence-electron chi connectivity index (χ1n) is 8.80. The van der Waals surface area contributed by atoms with Crippen molar-refractivity contribution < 1.29 is 19.1 Å². The van der Waals surface area contributed by atoms with Gasteiger partial charge >= 0.3 is 11.9 Å². The number of ether oxygens (including phenoxy) is 2. The van der Waals surface area contributed by atoms with E-state index in [0.717, 1.165) is 12.0 Å². The molecule has 0 radical (unpaired) electrons. The van der Waals surface area contributed by atoms with Crippen LogP contribution in [0.3, 0.4) is 0 Å². The van der Waals surface area contributed by atoms with Gasteiger partial charge in [-0.2, -0.15) is 0 Å². The van der Waals surface area contributed by atoms with Gasteiger partial charge in [0.25, 0.3) is 0 Å². The van der Waals surface area contributed by atoms with Crippen LogP contribution in [0.5, 0.6) is 11.5 Å². The van der Waals surface area contributed by atoms with Crippen molar-refractivity contribution in [3.8, 4) is 11.5 Å². The topological polar surface area (TPSA) is 52.6 Å². The number of rotatable bonds is 7. The van der Waals surface area contributed by atoms with Gasteiger partial charge in [0, 0.05) is 11.6 Å². The van der Waals surface area contributed by atoms with Crippen molar-refractivity contribution in [1.29, 1.82) is 0 Å². The fourth-order valence-corrected chi connectivity index (χ4v) is 2.88. The number of unbranched alkanes of at least 4 members (excludes halogenated alkanes) is 3. The van der Waals surface area contributed by atoms with Gasteiger partial charge in [0.1, 0.15) is 11.5 Å². The first-order valence-corrected chi connectivity index (χ1v) is 8.80. The highest BCUT2D eigenvalue weighted by Crippen LogP contribution is 2.30. The normalized spacial score (nSPS) is 12.6. The van der Waals surface area contributed by atoms with Crippen molar-refractivity contribution in [3.05, 3.63) is 59.2 Å². The maximum Gasteiger partial charge on any atom is 0.343 e. The molecule has 0 saturated heterocycles. The van der Waals surface area contributed by atoms with E-state index >= 15 is 0 Å². The fraction of sp³-hybridized carbons (Fsp3) is 0.333. The quantitative estimate of drug-likeness (QED) is 0.424. The molecule has 0 saturated carbocycles. The Morgan fingerprint density at radius 1 is 1.08 bits per heavy atom. The van der Waals surface area contributed by atoms with Crippen molar-refractivity contribution in [2.75, 3.05) is 0 Å². The summed E-state index contributed by atoms with van der Waals surface area (Å²) in [5.41, 5.74) is 2.56. The van der Waals surface area contributed by atoms with Gasteiger partial charge < -0.3 is 9.47 Å². The number of benzene rings is 2. The van der Waals surface area contributed by atoms with Crippen LogP contribution in [0.4, 0.5) is 0 Å². The number of fused-ring (bicyclic) bond motifs is 1. The molecular formula is C21H22O4. The van der Waals surface area contributed by atoms with Crippen LogP contribution in [0.2, 0.25) is 0 Å². The summed E-state index contributed by atoms with van der Waals surface area (Å²) in [7, 11) is 0. The van der Waals surface area contributed by atoms with Gasteiger partial charge in [-0.3, -0.25) is 4.79 Å². The van der Waals surface area contributed by atoms with Gasteiger partial charge in [-0.25, -0.2) is 4.79 Å². The molecule has 2 aromatic rings. The molecular weight excluding hydrogens is 316 g/mol. The number of esters is 2. The van der Waals surface area contributed by atoms with Gasteiger partial charge in [0.2, 0.25) is 0 Å². The Hall–Kier alpha value is -2.62. The van der Waals surface area contributed by atoms with Crippen molar-refractivity contribution >= 4 is 11.9 Å². The minimum Gasteiger partial charge on any atom is -0.426 e. The molecule has 2 aromatic carbocycles. The predicted molar refractivity (Wildman–Crippen MR) is 95.0 cm³/mol. The molecule has 4 heteroatoms. The number of carbonyl (C=O) groups excluding carboxylic acids is 2. The lowest BCUT2D eigenvalue weighted by Gasteiger charge is -2.07. The van der Waals surface area contributed by atoms with Crippen molar-refractivity contribution in [1.82, 2.24) is 0 Å². The Morgan fingerprint density at radius 2 is 1.88 bits per heavy atom. The standard InChI is InChI=1S/C21H22O4/c1-2-3-4-5-6-15-7-9-16(10-8-15)21(23)24-18-12-11-17-13-20(22)25-19(17)14-18/h7-12,14H,2-6,13H2,1H3. The minimum atomic E-state index is -0.415. The van der Waals surface area contributed by atoms with Crippen LogP contribution in [-0.4, -0.2) is 11.9 Å². The van der Waals surface area contributed by atoms with E-state index in [1.807, 2.05) is 12.1 Å². The first-order chi connectivity index (χ1) is 12.2. The van der Waals surface area contributed by atoms with Crippen molar-refractivity contribution in [2.24, 2.45) is 0 Å². The summed E-state index contributed by atoms with van der Waals surface area (Å²) < 4.78 is 10.5. The van der Waals surface area contributed by atoms with Gasteiger partial charge in [0.05, 0.1) is 12.0 Å². The lowest BCUT2D eigenvalue weighted by atomic mass is 10.0. The van der Waals surface area contributed by atoms with E-state index in [2.05, 4.69) is 6.92 Å². The number of aryl methyl sites for hydroxylation is 1. The Labute approximate surface area is 147 Å². The van der Waals surface area contributed by atoms with E-state index < -0.39 is 5.97 Å².